The summed E-state index contributed by atoms with van der Waals surface area (Å²) in [6, 6.07) is 0. The largest absolute Gasteiger partial charge is 0.351 e. The molecule has 0 aliphatic heterocycles. The molecule has 7 heteroatoms. The molecule has 0 aliphatic rings. The second-order valence-electron chi connectivity index (χ2n) is 3.46. The van der Waals surface area contributed by atoms with Gasteiger partial charge in [0.05, 0.1) is 11.9 Å². The van der Waals surface area contributed by atoms with Crippen LogP contribution in [0.4, 0.5) is 0 Å². The fourth-order valence-electron chi connectivity index (χ4n) is 1.11. The van der Waals surface area contributed by atoms with E-state index in [1.807, 2.05) is 0 Å². The number of sulfone groups is 1. The fraction of sp³-hybridized carbons (Fsp3) is 0.455. The number of amides is 1. The Hall–Kier alpha value is -1.39. The number of nitrogens with zero attached hydrogens (tertiary/aromatic N) is 1. The van der Waals surface area contributed by atoms with Gasteiger partial charge in [-0.2, -0.15) is 0 Å². The maximum atomic E-state index is 11.6. The molecule has 0 spiro atoms. The highest BCUT2D eigenvalue weighted by molar-refractivity contribution is 7.93. The van der Waals surface area contributed by atoms with Crippen LogP contribution in [0.15, 0.2) is 10.5 Å². The van der Waals surface area contributed by atoms with Gasteiger partial charge in [-0.25, -0.2) is 13.4 Å². The Labute approximate surface area is 111 Å². The minimum absolute atomic E-state index is 0.0150. The second kappa shape index (κ2) is 6.52. The number of rotatable bonds is 6. The summed E-state index contributed by atoms with van der Waals surface area (Å²) in [5.41, 5.74) is 0. The number of carbonyl (C=O) groups excluding carboxylic acids is 1. The first kappa shape index (κ1) is 14.7. The van der Waals surface area contributed by atoms with Crippen molar-refractivity contribution < 1.29 is 13.2 Å². The van der Waals surface area contributed by atoms with Crippen molar-refractivity contribution >= 4 is 27.1 Å². The van der Waals surface area contributed by atoms with E-state index in [1.165, 1.54) is 13.1 Å². The van der Waals surface area contributed by atoms with Crippen LogP contribution in [0, 0.1) is 12.3 Å². The highest BCUT2D eigenvalue weighted by atomic mass is 32.2. The van der Waals surface area contributed by atoms with Gasteiger partial charge in [0.2, 0.25) is 14.2 Å². The Morgan fingerprint density at radius 3 is 2.94 bits per heavy atom. The molecule has 0 radical (unpaired) electrons. The molecule has 0 saturated heterocycles. The average molecular weight is 286 g/mol. The minimum Gasteiger partial charge on any atom is -0.351 e. The van der Waals surface area contributed by atoms with Gasteiger partial charge in [0.25, 0.3) is 5.91 Å². The predicted octanol–water partition coefficient (Wildman–Crippen LogP) is 1.08. The van der Waals surface area contributed by atoms with E-state index in [9.17, 15) is 13.2 Å². The molecule has 0 atom stereocenters. The second-order valence-corrected chi connectivity index (χ2v) is 6.94. The number of carbonyl (C=O) groups is 1. The van der Waals surface area contributed by atoms with Crippen LogP contribution in [-0.4, -0.2) is 31.6 Å². The SMILES string of the molecule is C#CCCCNC(=O)c1cnc(S(=O)(=O)CC)s1. The van der Waals surface area contributed by atoms with E-state index in [4.69, 9.17) is 6.42 Å². The molecule has 5 nitrogen and oxygen atoms in total. The number of unbranched alkanes of at least 4 members (excludes halogenated alkanes) is 1. The zero-order valence-corrected chi connectivity index (χ0v) is 11.6. The Morgan fingerprint density at radius 2 is 2.33 bits per heavy atom. The maximum Gasteiger partial charge on any atom is 0.263 e. The summed E-state index contributed by atoms with van der Waals surface area (Å²) >= 11 is 0.885. The van der Waals surface area contributed by atoms with Gasteiger partial charge in [0.15, 0.2) is 0 Å². The van der Waals surface area contributed by atoms with E-state index in [0.717, 1.165) is 11.3 Å². The molecule has 0 fully saturated rings. The smallest absolute Gasteiger partial charge is 0.263 e. The van der Waals surface area contributed by atoms with Gasteiger partial charge in [-0.05, 0) is 6.42 Å². The molecule has 18 heavy (non-hydrogen) atoms. The zero-order valence-electron chi connectivity index (χ0n) is 9.97. The van der Waals surface area contributed by atoms with E-state index in [-0.39, 0.29) is 16.0 Å². The third-order valence-electron chi connectivity index (χ3n) is 2.14. The number of thiazole rings is 1. The van der Waals surface area contributed by atoms with Crippen LogP contribution in [0.25, 0.3) is 0 Å². The topological polar surface area (TPSA) is 76.1 Å². The molecule has 1 aromatic rings. The summed E-state index contributed by atoms with van der Waals surface area (Å²) in [4.78, 5) is 15.7. The lowest BCUT2D eigenvalue weighted by molar-refractivity contribution is 0.0957. The maximum absolute atomic E-state index is 11.6. The van der Waals surface area contributed by atoms with Gasteiger partial charge in [0, 0.05) is 13.0 Å². The van der Waals surface area contributed by atoms with Crippen LogP contribution >= 0.6 is 11.3 Å². The Balaban J connectivity index is 2.64. The van der Waals surface area contributed by atoms with Crippen molar-refractivity contribution in [2.75, 3.05) is 12.3 Å². The van der Waals surface area contributed by atoms with Crippen molar-refractivity contribution in [2.24, 2.45) is 0 Å². The quantitative estimate of drug-likeness (QED) is 0.627. The van der Waals surface area contributed by atoms with E-state index in [2.05, 4.69) is 16.2 Å². The molecule has 0 aromatic carbocycles. The number of aromatic nitrogens is 1. The predicted molar refractivity (Wildman–Crippen MR) is 70.2 cm³/mol. The molecule has 0 aliphatic carbocycles. The normalized spacial score (nSPS) is 10.9. The van der Waals surface area contributed by atoms with Crippen LogP contribution < -0.4 is 5.32 Å². The minimum atomic E-state index is -3.34. The van der Waals surface area contributed by atoms with E-state index in [1.54, 1.807) is 0 Å². The Bertz CT molecular complexity index is 555. The number of hydrogen-bond donors (Lipinski definition) is 1. The van der Waals surface area contributed by atoms with Crippen molar-refractivity contribution in [3.63, 3.8) is 0 Å². The van der Waals surface area contributed by atoms with Crippen molar-refractivity contribution in [3.05, 3.63) is 11.1 Å². The van der Waals surface area contributed by atoms with Crippen LogP contribution in [0.3, 0.4) is 0 Å². The number of nitrogens with one attached hydrogen (secondary N) is 1. The monoisotopic (exact) mass is 286 g/mol. The summed E-state index contributed by atoms with van der Waals surface area (Å²) in [5, 5.41) is 2.66. The molecule has 0 bridgehead atoms. The highest BCUT2D eigenvalue weighted by Crippen LogP contribution is 2.19. The van der Waals surface area contributed by atoms with Crippen molar-refractivity contribution in [1.29, 1.82) is 0 Å². The molecule has 0 unspecified atom stereocenters. The van der Waals surface area contributed by atoms with Crippen LogP contribution in [0.5, 0.6) is 0 Å². The van der Waals surface area contributed by atoms with Gasteiger partial charge in [0.1, 0.15) is 4.88 Å². The number of terminal acetylenes is 1. The standard InChI is InChI=1S/C11H14N2O3S2/c1-3-5-6-7-12-10(14)9-8-13-11(17-9)18(15,16)4-2/h1,8H,4-7H2,2H3,(H,12,14). The van der Waals surface area contributed by atoms with E-state index < -0.39 is 9.84 Å². The van der Waals surface area contributed by atoms with E-state index >= 15 is 0 Å². The summed E-state index contributed by atoms with van der Waals surface area (Å²) in [5.74, 6) is 2.13. The molecule has 1 amide bonds. The lowest BCUT2D eigenvalue weighted by Crippen LogP contribution is -2.23. The van der Waals surface area contributed by atoms with Gasteiger partial charge < -0.3 is 5.32 Å². The summed E-state index contributed by atoms with van der Waals surface area (Å²) in [6.07, 6.45) is 7.66. The molecule has 0 saturated carbocycles. The lowest BCUT2D eigenvalue weighted by atomic mass is 10.3. The first-order valence-corrected chi connectivity index (χ1v) is 7.88. The molecule has 1 heterocycles. The summed E-state index contributed by atoms with van der Waals surface area (Å²) in [7, 11) is -3.34. The molecule has 98 valence electrons. The van der Waals surface area contributed by atoms with E-state index in [0.29, 0.717) is 24.3 Å². The highest BCUT2D eigenvalue weighted by Gasteiger charge is 2.18. The van der Waals surface area contributed by atoms with Gasteiger partial charge in [-0.1, -0.05) is 18.3 Å². The third kappa shape index (κ3) is 3.82. The molecular weight excluding hydrogens is 272 g/mol. The first-order valence-electron chi connectivity index (χ1n) is 5.41. The van der Waals surface area contributed by atoms with Gasteiger partial charge in [-0.3, -0.25) is 4.79 Å². The van der Waals surface area contributed by atoms with Crippen LogP contribution in [0.1, 0.15) is 29.4 Å². The lowest BCUT2D eigenvalue weighted by Gasteiger charge is -2.00. The number of hydrogen-bond acceptors (Lipinski definition) is 5. The van der Waals surface area contributed by atoms with Crippen molar-refractivity contribution in [2.45, 2.75) is 24.1 Å². The Morgan fingerprint density at radius 1 is 1.61 bits per heavy atom. The molecule has 1 rings (SSSR count). The molecule has 1 aromatic heterocycles. The zero-order chi connectivity index (χ0) is 13.6. The van der Waals surface area contributed by atoms with Gasteiger partial charge >= 0.3 is 0 Å². The third-order valence-corrected chi connectivity index (χ3v) is 5.34. The summed E-state index contributed by atoms with van der Waals surface area (Å²) < 4.78 is 23.0. The van der Waals surface area contributed by atoms with Crippen LogP contribution in [0.2, 0.25) is 0 Å². The Kier molecular flexibility index (Phi) is 5.31. The first-order chi connectivity index (χ1) is 8.51. The molecular formula is C11H14N2O3S2. The molecule has 1 N–H and O–H groups in total. The van der Waals surface area contributed by atoms with Crippen molar-refractivity contribution in [1.82, 2.24) is 10.3 Å². The summed E-state index contributed by atoms with van der Waals surface area (Å²) in [6.45, 7) is 2.01. The van der Waals surface area contributed by atoms with Crippen LogP contribution in [-0.2, 0) is 9.84 Å². The van der Waals surface area contributed by atoms with Crippen molar-refractivity contribution in [3.8, 4) is 12.3 Å². The van der Waals surface area contributed by atoms with Gasteiger partial charge in [-0.15, -0.1) is 12.3 Å². The fourth-order valence-corrected chi connectivity index (χ4v) is 3.26. The average Bonchev–Trinajstić information content (AvgIpc) is 2.84.